The van der Waals surface area contributed by atoms with E-state index in [9.17, 15) is 0 Å². The van der Waals surface area contributed by atoms with Crippen molar-refractivity contribution in [3.63, 3.8) is 0 Å². The molecule has 0 radical (unpaired) electrons. The highest BCUT2D eigenvalue weighted by molar-refractivity contribution is 4.97. The Morgan fingerprint density at radius 3 is 1.48 bits per heavy atom. The third kappa shape index (κ3) is 15.6. The van der Waals surface area contributed by atoms with Crippen molar-refractivity contribution in [2.75, 3.05) is 0 Å². The summed E-state index contributed by atoms with van der Waals surface area (Å²) in [6.07, 6.45) is 30.5. The van der Waals surface area contributed by atoms with Crippen LogP contribution in [0.1, 0.15) is 142 Å². The number of pyridine rings is 1. The Kier molecular flexibility index (Phi) is 18.4. The normalized spacial score (nSPS) is 11.2. The van der Waals surface area contributed by atoms with Crippen molar-refractivity contribution >= 4 is 0 Å². The fourth-order valence-electron chi connectivity index (χ4n) is 4.34. The van der Waals surface area contributed by atoms with Gasteiger partial charge in [-0.25, -0.2) is 4.57 Å². The summed E-state index contributed by atoms with van der Waals surface area (Å²) in [6.45, 7) is 5.81. The zero-order valence-electron chi connectivity index (χ0n) is 20.1. The molecule has 1 aromatic heterocycles. The zero-order chi connectivity index (χ0) is 20.8. The van der Waals surface area contributed by atoms with Gasteiger partial charge in [0.1, 0.15) is 6.54 Å². The van der Waals surface area contributed by atoms with Crippen molar-refractivity contribution in [1.29, 1.82) is 0 Å². The molecule has 0 saturated carbocycles. The molecule has 1 heterocycles. The number of aromatic nitrogens is 1. The van der Waals surface area contributed by atoms with Gasteiger partial charge in [-0.05, 0) is 12.8 Å². The fraction of sp³-hybridized carbons (Fsp3) is 0.821. The molecule has 1 nitrogen and oxygen atoms in total. The summed E-state index contributed by atoms with van der Waals surface area (Å²) in [6, 6.07) is 6.77. The first-order valence-corrected chi connectivity index (χ1v) is 13.4. The van der Waals surface area contributed by atoms with Crippen LogP contribution >= 0.6 is 0 Å². The molecule has 0 spiro atoms. The number of aryl methyl sites for hydroxylation is 2. The molecule has 0 aliphatic heterocycles. The molecule has 0 unspecified atom stereocenters. The van der Waals surface area contributed by atoms with Crippen molar-refractivity contribution in [2.24, 2.45) is 0 Å². The van der Waals surface area contributed by atoms with Gasteiger partial charge in [0.05, 0.1) is 0 Å². The largest absolute Gasteiger partial charge is 0.202 e. The van der Waals surface area contributed by atoms with Crippen molar-refractivity contribution in [1.82, 2.24) is 0 Å². The van der Waals surface area contributed by atoms with E-state index in [0.29, 0.717) is 0 Å². The Balaban J connectivity index is 2.04. The molecular weight excluding hydrogens is 350 g/mol. The smallest absolute Gasteiger partial charge is 0.181 e. The van der Waals surface area contributed by atoms with Gasteiger partial charge >= 0.3 is 0 Å². The SMILES string of the molecule is CCCCCCCCCCCCc1cccc[n+]1CCCCCCCCCCC. The van der Waals surface area contributed by atoms with Gasteiger partial charge in [-0.15, -0.1) is 0 Å². The zero-order valence-corrected chi connectivity index (χ0v) is 20.1. The monoisotopic (exact) mass is 402 g/mol. The summed E-state index contributed by atoms with van der Waals surface area (Å²) in [5.41, 5.74) is 1.55. The van der Waals surface area contributed by atoms with Gasteiger partial charge in [-0.2, -0.15) is 0 Å². The lowest BCUT2D eigenvalue weighted by molar-refractivity contribution is -0.704. The molecule has 0 aliphatic rings. The van der Waals surface area contributed by atoms with E-state index in [4.69, 9.17) is 0 Å². The van der Waals surface area contributed by atoms with Crippen LogP contribution < -0.4 is 4.57 Å². The number of rotatable bonds is 21. The van der Waals surface area contributed by atoms with Crippen molar-refractivity contribution < 1.29 is 4.57 Å². The molecule has 0 amide bonds. The van der Waals surface area contributed by atoms with Crippen LogP contribution in [0.15, 0.2) is 24.4 Å². The van der Waals surface area contributed by atoms with Crippen LogP contribution in [-0.2, 0) is 13.0 Å². The Hall–Kier alpha value is -0.850. The second-order valence-electron chi connectivity index (χ2n) is 9.15. The van der Waals surface area contributed by atoms with Crippen LogP contribution in [-0.4, -0.2) is 0 Å². The van der Waals surface area contributed by atoms with Crippen LogP contribution in [0.2, 0.25) is 0 Å². The van der Waals surface area contributed by atoms with Crippen LogP contribution in [0, 0.1) is 0 Å². The molecule has 0 fully saturated rings. The fourth-order valence-corrected chi connectivity index (χ4v) is 4.34. The molecule has 168 valence electrons. The van der Waals surface area contributed by atoms with Crippen molar-refractivity contribution in [3.05, 3.63) is 30.1 Å². The van der Waals surface area contributed by atoms with Gasteiger partial charge in [0.25, 0.3) is 0 Å². The maximum absolute atomic E-state index is 2.52. The van der Waals surface area contributed by atoms with Crippen LogP contribution in [0.25, 0.3) is 0 Å². The number of unbranched alkanes of at least 4 members (excludes halogenated alkanes) is 17. The second-order valence-corrected chi connectivity index (χ2v) is 9.15. The van der Waals surface area contributed by atoms with E-state index >= 15 is 0 Å². The number of nitrogens with zero attached hydrogens (tertiary/aromatic N) is 1. The van der Waals surface area contributed by atoms with E-state index in [1.54, 1.807) is 5.69 Å². The molecule has 1 aromatic rings. The molecular formula is C28H52N+. The highest BCUT2D eigenvalue weighted by Crippen LogP contribution is 2.12. The first kappa shape index (κ1) is 26.2. The number of hydrogen-bond donors (Lipinski definition) is 0. The summed E-state index contributed by atoms with van der Waals surface area (Å²) < 4.78 is 2.52. The predicted molar refractivity (Wildman–Crippen MR) is 129 cm³/mol. The molecule has 0 aliphatic carbocycles. The summed E-state index contributed by atoms with van der Waals surface area (Å²) >= 11 is 0. The van der Waals surface area contributed by atoms with Gasteiger partial charge in [-0.1, -0.05) is 123 Å². The molecule has 1 heteroatoms. The summed E-state index contributed by atoms with van der Waals surface area (Å²) in [7, 11) is 0. The highest BCUT2D eigenvalue weighted by Gasteiger charge is 2.08. The lowest BCUT2D eigenvalue weighted by Crippen LogP contribution is -2.37. The maximum atomic E-state index is 2.52. The lowest BCUT2D eigenvalue weighted by atomic mass is 10.0. The number of hydrogen-bond acceptors (Lipinski definition) is 0. The minimum Gasteiger partial charge on any atom is -0.202 e. The average Bonchev–Trinajstić information content (AvgIpc) is 2.74. The van der Waals surface area contributed by atoms with Gasteiger partial charge in [0.15, 0.2) is 11.9 Å². The lowest BCUT2D eigenvalue weighted by Gasteiger charge is -2.05. The molecule has 1 rings (SSSR count). The van der Waals surface area contributed by atoms with E-state index in [1.807, 2.05) is 0 Å². The van der Waals surface area contributed by atoms with Crippen molar-refractivity contribution in [3.8, 4) is 0 Å². The minimum atomic E-state index is 1.21. The quantitative estimate of drug-likeness (QED) is 0.143. The molecule has 0 atom stereocenters. The first-order chi connectivity index (χ1) is 14.4. The highest BCUT2D eigenvalue weighted by atomic mass is 14.9. The van der Waals surface area contributed by atoms with E-state index < -0.39 is 0 Å². The summed E-state index contributed by atoms with van der Waals surface area (Å²) in [5, 5.41) is 0. The third-order valence-electron chi connectivity index (χ3n) is 6.32. The van der Waals surface area contributed by atoms with Gasteiger partial charge in [0, 0.05) is 25.0 Å². The standard InChI is InChI=1S/C28H52N/c1-3-5-7-9-11-13-14-16-18-20-24-28-25-21-23-27-29(28)26-22-19-17-15-12-10-8-6-4-2/h21,23,25,27H,3-20,22,24,26H2,1-2H3/q+1. The van der Waals surface area contributed by atoms with E-state index in [2.05, 4.69) is 42.8 Å². The Labute approximate surface area is 183 Å². The van der Waals surface area contributed by atoms with Crippen LogP contribution in [0.3, 0.4) is 0 Å². The predicted octanol–water partition coefficient (Wildman–Crippen LogP) is 8.97. The Morgan fingerprint density at radius 1 is 0.517 bits per heavy atom. The molecule has 0 N–H and O–H groups in total. The van der Waals surface area contributed by atoms with Gasteiger partial charge < -0.3 is 0 Å². The summed E-state index contributed by atoms with van der Waals surface area (Å²) in [4.78, 5) is 0. The van der Waals surface area contributed by atoms with E-state index in [-0.39, 0.29) is 0 Å². The van der Waals surface area contributed by atoms with Crippen molar-refractivity contribution in [2.45, 2.75) is 149 Å². The minimum absolute atomic E-state index is 1.21. The average molecular weight is 403 g/mol. The summed E-state index contributed by atoms with van der Waals surface area (Å²) in [5.74, 6) is 0. The van der Waals surface area contributed by atoms with E-state index in [1.165, 1.54) is 135 Å². The Morgan fingerprint density at radius 2 is 0.966 bits per heavy atom. The molecule has 29 heavy (non-hydrogen) atoms. The topological polar surface area (TPSA) is 3.88 Å². The molecule has 0 bridgehead atoms. The first-order valence-electron chi connectivity index (χ1n) is 13.4. The van der Waals surface area contributed by atoms with Crippen LogP contribution in [0.4, 0.5) is 0 Å². The van der Waals surface area contributed by atoms with E-state index in [0.717, 1.165) is 0 Å². The Bertz CT molecular complexity index is 453. The second kappa shape index (κ2) is 20.4. The third-order valence-corrected chi connectivity index (χ3v) is 6.32. The van der Waals surface area contributed by atoms with Gasteiger partial charge in [0.2, 0.25) is 0 Å². The maximum Gasteiger partial charge on any atom is 0.181 e. The molecule has 0 saturated heterocycles. The van der Waals surface area contributed by atoms with Crippen LogP contribution in [0.5, 0.6) is 0 Å². The van der Waals surface area contributed by atoms with Gasteiger partial charge in [-0.3, -0.25) is 0 Å². The molecule has 0 aromatic carbocycles.